The average molecular weight is 276 g/mol. The Kier molecular flexibility index (Phi) is 3.50. The van der Waals surface area contributed by atoms with Crippen molar-refractivity contribution >= 4 is 17.6 Å². The lowest BCUT2D eigenvalue weighted by Gasteiger charge is -2.09. The molecule has 0 aromatic heterocycles. The molecular weight excluding hydrogens is 269 g/mol. The summed E-state index contributed by atoms with van der Waals surface area (Å²) in [6.45, 7) is 0. The Morgan fingerprint density at radius 3 is 2.63 bits per heavy atom. The molecule has 0 unspecified atom stereocenters. The van der Waals surface area contributed by atoms with Crippen molar-refractivity contribution in [1.29, 1.82) is 5.26 Å². The zero-order chi connectivity index (χ0) is 14.0. The van der Waals surface area contributed by atoms with Crippen LogP contribution in [0.3, 0.4) is 0 Å². The number of hydrogen-bond donors (Lipinski definition) is 1. The summed E-state index contributed by atoms with van der Waals surface area (Å²) < 4.78 is 13.8. The molecule has 94 valence electrons. The standard InChI is InChI=1S/C14H7ClFNO2/c15-11-3-1-2-9(13(11)14(18)19)10-6-8(7-17)4-5-12(10)16/h1-6H,(H,18,19). The van der Waals surface area contributed by atoms with Gasteiger partial charge in [0.2, 0.25) is 0 Å². The van der Waals surface area contributed by atoms with Crippen LogP contribution in [0.25, 0.3) is 11.1 Å². The topological polar surface area (TPSA) is 61.1 Å². The summed E-state index contributed by atoms with van der Waals surface area (Å²) >= 11 is 5.83. The van der Waals surface area contributed by atoms with Crippen LogP contribution in [0.1, 0.15) is 15.9 Å². The van der Waals surface area contributed by atoms with E-state index in [9.17, 15) is 9.18 Å². The Hall–Kier alpha value is -2.38. The lowest BCUT2D eigenvalue weighted by molar-refractivity contribution is 0.0698. The van der Waals surface area contributed by atoms with Gasteiger partial charge < -0.3 is 5.11 Å². The molecule has 0 aliphatic heterocycles. The average Bonchev–Trinajstić information content (AvgIpc) is 2.38. The Balaban J connectivity index is 2.76. The number of carbonyl (C=O) groups is 1. The van der Waals surface area contributed by atoms with Gasteiger partial charge in [0.1, 0.15) is 5.82 Å². The van der Waals surface area contributed by atoms with Crippen LogP contribution in [0, 0.1) is 17.1 Å². The first-order valence-corrected chi connectivity index (χ1v) is 5.64. The van der Waals surface area contributed by atoms with Crippen LogP contribution in [0.2, 0.25) is 5.02 Å². The fourth-order valence-electron chi connectivity index (χ4n) is 1.77. The lowest BCUT2D eigenvalue weighted by Crippen LogP contribution is -2.01. The molecule has 0 atom stereocenters. The van der Waals surface area contributed by atoms with Gasteiger partial charge in [0.05, 0.1) is 22.2 Å². The summed E-state index contributed by atoms with van der Waals surface area (Å²) in [6, 6.07) is 10.0. The minimum absolute atomic E-state index is 0.0201. The number of carboxylic acid groups (broad SMARTS) is 1. The van der Waals surface area contributed by atoms with Gasteiger partial charge in [-0.3, -0.25) is 0 Å². The summed E-state index contributed by atoms with van der Waals surface area (Å²) in [5.74, 6) is -1.86. The Morgan fingerprint density at radius 1 is 1.26 bits per heavy atom. The molecule has 2 rings (SSSR count). The summed E-state index contributed by atoms with van der Waals surface area (Å²) in [5, 5.41) is 18.0. The van der Waals surface area contributed by atoms with Crippen molar-refractivity contribution < 1.29 is 14.3 Å². The highest BCUT2D eigenvalue weighted by atomic mass is 35.5. The van der Waals surface area contributed by atoms with Gasteiger partial charge in [-0.25, -0.2) is 9.18 Å². The van der Waals surface area contributed by atoms with Gasteiger partial charge in [0.15, 0.2) is 0 Å². The molecule has 0 bridgehead atoms. The summed E-state index contributed by atoms with van der Waals surface area (Å²) in [6.07, 6.45) is 0. The molecule has 1 N–H and O–H groups in total. The summed E-state index contributed by atoms with van der Waals surface area (Å²) in [5.41, 5.74) is 0.249. The lowest BCUT2D eigenvalue weighted by atomic mass is 9.97. The van der Waals surface area contributed by atoms with Crippen molar-refractivity contribution in [2.24, 2.45) is 0 Å². The third-order valence-corrected chi connectivity index (χ3v) is 2.93. The molecule has 0 amide bonds. The van der Waals surface area contributed by atoms with E-state index in [-0.39, 0.29) is 27.3 Å². The normalized spacial score (nSPS) is 9.95. The van der Waals surface area contributed by atoms with Crippen molar-refractivity contribution in [2.45, 2.75) is 0 Å². The highest BCUT2D eigenvalue weighted by Crippen LogP contribution is 2.31. The van der Waals surface area contributed by atoms with E-state index in [1.165, 1.54) is 30.3 Å². The molecule has 0 fully saturated rings. The Bertz CT molecular complexity index is 707. The molecule has 0 saturated carbocycles. The zero-order valence-electron chi connectivity index (χ0n) is 9.52. The maximum Gasteiger partial charge on any atom is 0.337 e. The van der Waals surface area contributed by atoms with Crippen LogP contribution in [0.15, 0.2) is 36.4 Å². The second-order valence-electron chi connectivity index (χ2n) is 3.77. The van der Waals surface area contributed by atoms with Gasteiger partial charge in [-0.05, 0) is 24.3 Å². The van der Waals surface area contributed by atoms with Gasteiger partial charge in [-0.1, -0.05) is 23.7 Å². The van der Waals surface area contributed by atoms with Crippen LogP contribution < -0.4 is 0 Å². The van der Waals surface area contributed by atoms with E-state index in [2.05, 4.69) is 0 Å². The second-order valence-corrected chi connectivity index (χ2v) is 4.18. The molecule has 0 aliphatic rings. The minimum atomic E-state index is -1.25. The van der Waals surface area contributed by atoms with Crippen LogP contribution in [-0.2, 0) is 0 Å². The van der Waals surface area contributed by atoms with Gasteiger partial charge in [0.25, 0.3) is 0 Å². The Labute approximate surface area is 113 Å². The number of rotatable bonds is 2. The molecule has 19 heavy (non-hydrogen) atoms. The maximum absolute atomic E-state index is 13.8. The van der Waals surface area contributed by atoms with Crippen LogP contribution in [0.4, 0.5) is 4.39 Å². The van der Waals surface area contributed by atoms with E-state index in [4.69, 9.17) is 22.0 Å². The van der Waals surface area contributed by atoms with Gasteiger partial charge >= 0.3 is 5.97 Å². The number of carboxylic acids is 1. The predicted molar refractivity (Wildman–Crippen MR) is 68.5 cm³/mol. The highest BCUT2D eigenvalue weighted by Gasteiger charge is 2.18. The molecule has 2 aromatic rings. The first kappa shape index (κ1) is 13.1. The molecule has 0 radical (unpaired) electrons. The largest absolute Gasteiger partial charge is 0.478 e. The Morgan fingerprint density at radius 2 is 2.00 bits per heavy atom. The number of benzene rings is 2. The molecule has 0 spiro atoms. The summed E-state index contributed by atoms with van der Waals surface area (Å²) in [4.78, 5) is 11.2. The van der Waals surface area contributed by atoms with Crippen LogP contribution in [0.5, 0.6) is 0 Å². The number of nitrogens with zero attached hydrogens (tertiary/aromatic N) is 1. The molecule has 0 aliphatic carbocycles. The van der Waals surface area contributed by atoms with Crippen molar-refractivity contribution in [3.8, 4) is 17.2 Å². The van der Waals surface area contributed by atoms with E-state index in [0.717, 1.165) is 6.07 Å². The molecule has 0 heterocycles. The molecule has 0 saturated heterocycles. The van der Waals surface area contributed by atoms with E-state index in [0.29, 0.717) is 0 Å². The number of hydrogen-bond acceptors (Lipinski definition) is 2. The monoisotopic (exact) mass is 275 g/mol. The van der Waals surface area contributed by atoms with E-state index in [1.54, 1.807) is 0 Å². The molecule has 2 aromatic carbocycles. The second kappa shape index (κ2) is 5.09. The van der Waals surface area contributed by atoms with Crippen molar-refractivity contribution in [1.82, 2.24) is 0 Å². The first-order valence-electron chi connectivity index (χ1n) is 5.26. The van der Waals surface area contributed by atoms with Gasteiger partial charge in [-0.2, -0.15) is 5.26 Å². The van der Waals surface area contributed by atoms with Gasteiger partial charge in [0, 0.05) is 11.1 Å². The van der Waals surface area contributed by atoms with Crippen molar-refractivity contribution in [3.63, 3.8) is 0 Å². The smallest absolute Gasteiger partial charge is 0.337 e. The van der Waals surface area contributed by atoms with Crippen LogP contribution in [-0.4, -0.2) is 11.1 Å². The van der Waals surface area contributed by atoms with E-state index >= 15 is 0 Å². The summed E-state index contributed by atoms with van der Waals surface area (Å²) in [7, 11) is 0. The zero-order valence-corrected chi connectivity index (χ0v) is 10.3. The number of nitriles is 1. The minimum Gasteiger partial charge on any atom is -0.478 e. The van der Waals surface area contributed by atoms with E-state index in [1.807, 2.05) is 6.07 Å². The predicted octanol–water partition coefficient (Wildman–Crippen LogP) is 3.72. The quantitative estimate of drug-likeness (QED) is 0.909. The fraction of sp³-hybridized carbons (Fsp3) is 0. The van der Waals surface area contributed by atoms with E-state index < -0.39 is 11.8 Å². The fourth-order valence-corrected chi connectivity index (χ4v) is 2.02. The first-order chi connectivity index (χ1) is 9.04. The highest BCUT2D eigenvalue weighted by molar-refractivity contribution is 6.34. The molecule has 3 nitrogen and oxygen atoms in total. The maximum atomic E-state index is 13.8. The van der Waals surface area contributed by atoms with Gasteiger partial charge in [-0.15, -0.1) is 0 Å². The van der Waals surface area contributed by atoms with Crippen molar-refractivity contribution in [2.75, 3.05) is 0 Å². The molecular formula is C14H7ClFNO2. The SMILES string of the molecule is N#Cc1ccc(F)c(-c2cccc(Cl)c2C(=O)O)c1. The van der Waals surface area contributed by atoms with Crippen molar-refractivity contribution in [3.05, 3.63) is 58.4 Å². The molecule has 5 heteroatoms. The number of halogens is 2. The third-order valence-electron chi connectivity index (χ3n) is 2.61. The third kappa shape index (κ3) is 2.42. The number of aromatic carboxylic acids is 1. The van der Waals surface area contributed by atoms with Crippen LogP contribution >= 0.6 is 11.6 Å².